The second kappa shape index (κ2) is 5.82. The molecule has 0 spiro atoms. The third-order valence-electron chi connectivity index (χ3n) is 4.58. The number of para-hydroxylation sites is 1. The molecule has 1 aliphatic rings. The fraction of sp³-hybridized carbons (Fsp3) is 0.412. The van der Waals surface area contributed by atoms with Crippen molar-refractivity contribution in [2.24, 2.45) is 11.1 Å². The number of hydrogen-bond acceptors (Lipinski definition) is 3. The first-order valence-electron chi connectivity index (χ1n) is 7.56. The van der Waals surface area contributed by atoms with Gasteiger partial charge >= 0.3 is 0 Å². The van der Waals surface area contributed by atoms with Crippen LogP contribution in [0.4, 0.5) is 0 Å². The Morgan fingerprint density at radius 1 is 1.29 bits per heavy atom. The van der Waals surface area contributed by atoms with E-state index in [0.717, 1.165) is 36.6 Å². The third-order valence-corrected chi connectivity index (χ3v) is 4.58. The minimum Gasteiger partial charge on any atom is -0.355 e. The number of amides is 1. The van der Waals surface area contributed by atoms with E-state index in [1.54, 1.807) is 0 Å². The lowest BCUT2D eigenvalue weighted by atomic mass is 9.68. The predicted octanol–water partition coefficient (Wildman–Crippen LogP) is 2.02. The first-order valence-corrected chi connectivity index (χ1v) is 7.56. The van der Waals surface area contributed by atoms with E-state index in [1.165, 1.54) is 5.56 Å². The molecular formula is C17H21N3O. The lowest BCUT2D eigenvalue weighted by molar-refractivity contribution is -0.135. The average molecular weight is 283 g/mol. The molecule has 0 saturated heterocycles. The van der Waals surface area contributed by atoms with E-state index in [2.05, 4.69) is 28.5 Å². The second-order valence-corrected chi connectivity index (χ2v) is 5.84. The highest BCUT2D eigenvalue weighted by Crippen LogP contribution is 2.39. The first kappa shape index (κ1) is 14.0. The van der Waals surface area contributed by atoms with Gasteiger partial charge in [0.25, 0.3) is 0 Å². The van der Waals surface area contributed by atoms with Gasteiger partial charge in [-0.25, -0.2) is 0 Å². The molecule has 0 atom stereocenters. The molecular weight excluding hydrogens is 262 g/mol. The SMILES string of the molecule is NCC1(C(=O)NCCc2cccc3cccnc23)CCC1. The molecule has 0 bridgehead atoms. The number of pyridine rings is 1. The fourth-order valence-electron chi connectivity index (χ4n) is 2.99. The largest absolute Gasteiger partial charge is 0.355 e. The minimum absolute atomic E-state index is 0.115. The predicted molar refractivity (Wildman–Crippen MR) is 83.8 cm³/mol. The zero-order chi connectivity index (χ0) is 14.7. The molecule has 0 radical (unpaired) electrons. The summed E-state index contributed by atoms with van der Waals surface area (Å²) in [4.78, 5) is 16.7. The van der Waals surface area contributed by atoms with Crippen molar-refractivity contribution in [2.45, 2.75) is 25.7 Å². The number of benzene rings is 1. The van der Waals surface area contributed by atoms with E-state index >= 15 is 0 Å². The van der Waals surface area contributed by atoms with Gasteiger partial charge in [-0.1, -0.05) is 30.7 Å². The van der Waals surface area contributed by atoms with Gasteiger partial charge in [0.05, 0.1) is 10.9 Å². The smallest absolute Gasteiger partial charge is 0.227 e. The highest BCUT2D eigenvalue weighted by molar-refractivity contribution is 5.84. The molecule has 1 aromatic carbocycles. The molecule has 1 heterocycles. The molecule has 1 fully saturated rings. The molecule has 1 amide bonds. The molecule has 21 heavy (non-hydrogen) atoms. The van der Waals surface area contributed by atoms with Crippen molar-refractivity contribution in [3.63, 3.8) is 0 Å². The van der Waals surface area contributed by atoms with Crippen LogP contribution in [0.3, 0.4) is 0 Å². The Hall–Kier alpha value is -1.94. The molecule has 0 unspecified atom stereocenters. The molecule has 2 aromatic rings. The van der Waals surface area contributed by atoms with E-state index in [-0.39, 0.29) is 11.3 Å². The Morgan fingerprint density at radius 3 is 2.81 bits per heavy atom. The number of fused-ring (bicyclic) bond motifs is 1. The molecule has 0 aliphatic heterocycles. The molecule has 3 N–H and O–H groups in total. The number of nitrogens with one attached hydrogen (secondary N) is 1. The van der Waals surface area contributed by atoms with Gasteiger partial charge in [0.15, 0.2) is 0 Å². The summed E-state index contributed by atoms with van der Waals surface area (Å²) in [7, 11) is 0. The summed E-state index contributed by atoms with van der Waals surface area (Å²) in [5, 5.41) is 4.18. The maximum Gasteiger partial charge on any atom is 0.227 e. The van der Waals surface area contributed by atoms with Gasteiger partial charge in [0.2, 0.25) is 5.91 Å². The van der Waals surface area contributed by atoms with Crippen molar-refractivity contribution in [2.75, 3.05) is 13.1 Å². The molecule has 1 saturated carbocycles. The van der Waals surface area contributed by atoms with Crippen LogP contribution in [-0.2, 0) is 11.2 Å². The van der Waals surface area contributed by atoms with Crippen LogP contribution in [-0.4, -0.2) is 24.0 Å². The van der Waals surface area contributed by atoms with Crippen molar-refractivity contribution in [1.82, 2.24) is 10.3 Å². The number of nitrogens with two attached hydrogens (primary N) is 1. The lowest BCUT2D eigenvalue weighted by Crippen LogP contribution is -2.50. The second-order valence-electron chi connectivity index (χ2n) is 5.84. The summed E-state index contributed by atoms with van der Waals surface area (Å²) in [5.41, 5.74) is 7.65. The van der Waals surface area contributed by atoms with Gasteiger partial charge in [0, 0.05) is 24.7 Å². The first-order chi connectivity index (χ1) is 10.2. The van der Waals surface area contributed by atoms with Gasteiger partial charge in [-0.2, -0.15) is 0 Å². The molecule has 4 heteroatoms. The van der Waals surface area contributed by atoms with Crippen LogP contribution in [0.2, 0.25) is 0 Å². The molecule has 4 nitrogen and oxygen atoms in total. The molecule has 110 valence electrons. The van der Waals surface area contributed by atoms with Crippen molar-refractivity contribution in [3.05, 3.63) is 42.1 Å². The van der Waals surface area contributed by atoms with Crippen molar-refractivity contribution in [3.8, 4) is 0 Å². The Balaban J connectivity index is 1.63. The van der Waals surface area contributed by atoms with E-state index in [9.17, 15) is 4.79 Å². The van der Waals surface area contributed by atoms with E-state index in [4.69, 9.17) is 5.73 Å². The monoisotopic (exact) mass is 283 g/mol. The topological polar surface area (TPSA) is 68.0 Å². The number of nitrogens with zero attached hydrogens (tertiary/aromatic N) is 1. The zero-order valence-electron chi connectivity index (χ0n) is 12.1. The quantitative estimate of drug-likeness (QED) is 0.882. The summed E-state index contributed by atoms with van der Waals surface area (Å²) >= 11 is 0. The minimum atomic E-state index is -0.295. The summed E-state index contributed by atoms with van der Waals surface area (Å²) in [5.74, 6) is 0.115. The molecule has 1 aromatic heterocycles. The molecule has 1 aliphatic carbocycles. The lowest BCUT2D eigenvalue weighted by Gasteiger charge is -2.39. The zero-order valence-corrected chi connectivity index (χ0v) is 12.1. The standard InChI is InChI=1S/C17H21N3O/c18-12-17(8-3-9-17)16(21)20-11-7-14-5-1-4-13-6-2-10-19-15(13)14/h1-2,4-6,10H,3,7-9,11-12,18H2,(H,20,21). The summed E-state index contributed by atoms with van der Waals surface area (Å²) in [6, 6.07) is 10.2. The maximum absolute atomic E-state index is 12.2. The van der Waals surface area contributed by atoms with Gasteiger partial charge in [-0.15, -0.1) is 0 Å². The Bertz CT molecular complexity index is 639. The van der Waals surface area contributed by atoms with Crippen molar-refractivity contribution >= 4 is 16.8 Å². The Kier molecular flexibility index (Phi) is 3.88. The van der Waals surface area contributed by atoms with Crippen LogP contribution in [0.5, 0.6) is 0 Å². The highest BCUT2D eigenvalue weighted by atomic mass is 16.2. The summed E-state index contributed by atoms with van der Waals surface area (Å²) in [6.07, 6.45) is 5.55. The van der Waals surface area contributed by atoms with Crippen LogP contribution in [0.1, 0.15) is 24.8 Å². The number of carbonyl (C=O) groups is 1. The Labute approximate surface area is 124 Å². The van der Waals surface area contributed by atoms with Gasteiger partial charge in [-0.3, -0.25) is 9.78 Å². The van der Waals surface area contributed by atoms with E-state index in [1.807, 2.05) is 18.3 Å². The number of hydrogen-bond donors (Lipinski definition) is 2. The fourth-order valence-corrected chi connectivity index (χ4v) is 2.99. The number of rotatable bonds is 5. The van der Waals surface area contributed by atoms with Crippen molar-refractivity contribution < 1.29 is 4.79 Å². The third kappa shape index (κ3) is 2.63. The van der Waals surface area contributed by atoms with Crippen LogP contribution in [0.25, 0.3) is 10.9 Å². The van der Waals surface area contributed by atoms with Crippen LogP contribution < -0.4 is 11.1 Å². The number of aromatic nitrogens is 1. The average Bonchev–Trinajstić information content (AvgIpc) is 2.47. The highest BCUT2D eigenvalue weighted by Gasteiger charge is 2.42. The summed E-state index contributed by atoms with van der Waals surface area (Å²) in [6.45, 7) is 1.09. The van der Waals surface area contributed by atoms with Gasteiger partial charge < -0.3 is 11.1 Å². The van der Waals surface area contributed by atoms with Gasteiger partial charge in [0.1, 0.15) is 0 Å². The van der Waals surface area contributed by atoms with Crippen LogP contribution >= 0.6 is 0 Å². The summed E-state index contributed by atoms with van der Waals surface area (Å²) < 4.78 is 0. The van der Waals surface area contributed by atoms with Gasteiger partial charge in [-0.05, 0) is 30.9 Å². The van der Waals surface area contributed by atoms with Crippen LogP contribution in [0.15, 0.2) is 36.5 Å². The van der Waals surface area contributed by atoms with Crippen LogP contribution in [0, 0.1) is 5.41 Å². The van der Waals surface area contributed by atoms with E-state index in [0.29, 0.717) is 13.1 Å². The normalized spacial score (nSPS) is 16.4. The van der Waals surface area contributed by atoms with Crippen molar-refractivity contribution in [1.29, 1.82) is 0 Å². The van der Waals surface area contributed by atoms with E-state index < -0.39 is 0 Å². The molecule has 3 rings (SSSR count). The Morgan fingerprint density at radius 2 is 2.10 bits per heavy atom. The maximum atomic E-state index is 12.2. The number of carbonyl (C=O) groups excluding carboxylic acids is 1.